The monoisotopic (exact) mass is 667 g/mol. The molecule has 2 heterocycles. The maximum absolute atomic E-state index is 6.60. The van der Waals surface area contributed by atoms with Crippen molar-refractivity contribution in [1.82, 2.24) is 0 Å². The summed E-state index contributed by atoms with van der Waals surface area (Å²) in [4.78, 5) is 2.35. The van der Waals surface area contributed by atoms with E-state index in [9.17, 15) is 0 Å². The highest BCUT2D eigenvalue weighted by molar-refractivity contribution is 6.13. The lowest BCUT2D eigenvalue weighted by atomic mass is 9.82. The molecule has 2 aromatic heterocycles. The van der Waals surface area contributed by atoms with Crippen LogP contribution in [0.15, 0.2) is 173 Å². The van der Waals surface area contributed by atoms with Crippen molar-refractivity contribution in [2.45, 2.75) is 19.3 Å². The molecule has 0 unspecified atom stereocenters. The number of anilines is 3. The van der Waals surface area contributed by atoms with Gasteiger partial charge in [0.15, 0.2) is 0 Å². The maximum atomic E-state index is 6.60. The smallest absolute Gasteiger partial charge is 0.143 e. The van der Waals surface area contributed by atoms with Gasteiger partial charge in [-0.15, -0.1) is 0 Å². The normalized spacial score (nSPS) is 13.3. The topological polar surface area (TPSA) is 29.5 Å². The number of hydrogen-bond donors (Lipinski definition) is 0. The summed E-state index contributed by atoms with van der Waals surface area (Å²) in [6.07, 6.45) is 0. The van der Waals surface area contributed by atoms with E-state index in [-0.39, 0.29) is 5.41 Å². The first-order chi connectivity index (χ1) is 25.5. The van der Waals surface area contributed by atoms with Gasteiger partial charge in [0.25, 0.3) is 0 Å². The number of nitrogens with zero attached hydrogens (tertiary/aromatic N) is 1. The van der Waals surface area contributed by atoms with Gasteiger partial charge >= 0.3 is 0 Å². The first kappa shape index (κ1) is 29.2. The summed E-state index contributed by atoms with van der Waals surface area (Å²) in [5.41, 5.74) is 14.2. The van der Waals surface area contributed by atoms with Crippen molar-refractivity contribution in [3.05, 3.63) is 175 Å². The van der Waals surface area contributed by atoms with Crippen molar-refractivity contribution in [2.24, 2.45) is 0 Å². The predicted molar refractivity (Wildman–Crippen MR) is 216 cm³/mol. The molecule has 0 radical (unpaired) electrons. The van der Waals surface area contributed by atoms with Crippen LogP contribution in [0, 0.1) is 0 Å². The van der Waals surface area contributed by atoms with Crippen LogP contribution in [0.2, 0.25) is 0 Å². The standard InChI is InChI=1S/C49H33NO2/c1-49(2)43-16-7-5-12-37(43)41-28-34(23-25-44(41)49)50(35-22-24-39-38-13-6-8-17-45(38)51-47(39)29-35)33-20-18-30(19-21-33)36-14-9-15-40-42-26-31-10-3-4-11-32(31)27-46(42)52-48(36)40/h3-29H,1-2H3. The minimum Gasteiger partial charge on any atom is -0.456 e. The van der Waals surface area contributed by atoms with Crippen LogP contribution in [0.3, 0.4) is 0 Å². The number of fused-ring (bicyclic) bond motifs is 10. The van der Waals surface area contributed by atoms with E-state index in [2.05, 4.69) is 170 Å². The van der Waals surface area contributed by atoms with E-state index in [0.29, 0.717) is 0 Å². The summed E-state index contributed by atoms with van der Waals surface area (Å²) in [6.45, 7) is 4.66. The van der Waals surface area contributed by atoms with Crippen molar-refractivity contribution in [1.29, 1.82) is 0 Å². The molecule has 3 heteroatoms. The highest BCUT2D eigenvalue weighted by Crippen LogP contribution is 2.51. The van der Waals surface area contributed by atoms with Crippen LogP contribution in [0.5, 0.6) is 0 Å². The Morgan fingerprint density at radius 1 is 0.404 bits per heavy atom. The highest BCUT2D eigenvalue weighted by Gasteiger charge is 2.35. The van der Waals surface area contributed by atoms with Crippen LogP contribution in [-0.2, 0) is 5.41 Å². The van der Waals surface area contributed by atoms with Crippen molar-refractivity contribution < 1.29 is 8.83 Å². The second-order valence-corrected chi connectivity index (χ2v) is 14.5. The number of para-hydroxylation sites is 2. The molecule has 11 rings (SSSR count). The fourth-order valence-electron chi connectivity index (χ4n) is 8.65. The van der Waals surface area contributed by atoms with E-state index in [0.717, 1.165) is 72.1 Å². The Kier molecular flexibility index (Phi) is 6.01. The van der Waals surface area contributed by atoms with Crippen LogP contribution in [0.25, 0.3) is 76.9 Å². The van der Waals surface area contributed by atoms with Crippen LogP contribution >= 0.6 is 0 Å². The molecule has 0 amide bonds. The van der Waals surface area contributed by atoms with Crippen LogP contribution in [0.4, 0.5) is 17.1 Å². The lowest BCUT2D eigenvalue weighted by Crippen LogP contribution is -2.15. The quantitative estimate of drug-likeness (QED) is 0.187. The maximum Gasteiger partial charge on any atom is 0.143 e. The lowest BCUT2D eigenvalue weighted by molar-refractivity contribution is 0.660. The molecule has 1 aliphatic carbocycles. The van der Waals surface area contributed by atoms with Crippen molar-refractivity contribution in [3.63, 3.8) is 0 Å². The third kappa shape index (κ3) is 4.20. The molecule has 0 spiro atoms. The van der Waals surface area contributed by atoms with Gasteiger partial charge in [-0.3, -0.25) is 0 Å². The van der Waals surface area contributed by atoms with Gasteiger partial charge in [0.2, 0.25) is 0 Å². The summed E-state index contributed by atoms with van der Waals surface area (Å²) < 4.78 is 13.0. The molecule has 10 aromatic rings. The first-order valence-electron chi connectivity index (χ1n) is 17.9. The van der Waals surface area contributed by atoms with Crippen molar-refractivity contribution in [3.8, 4) is 22.3 Å². The Hall–Kier alpha value is -6.58. The number of rotatable bonds is 4. The summed E-state index contributed by atoms with van der Waals surface area (Å²) in [6, 6.07) is 58.8. The summed E-state index contributed by atoms with van der Waals surface area (Å²) in [5.74, 6) is 0. The number of benzene rings is 8. The van der Waals surface area contributed by atoms with E-state index in [1.54, 1.807) is 0 Å². The average molecular weight is 668 g/mol. The summed E-state index contributed by atoms with van der Waals surface area (Å²) >= 11 is 0. The Balaban J connectivity index is 1.07. The van der Waals surface area contributed by atoms with Gasteiger partial charge < -0.3 is 13.7 Å². The van der Waals surface area contributed by atoms with Crippen molar-refractivity contribution in [2.75, 3.05) is 4.90 Å². The van der Waals surface area contributed by atoms with Crippen LogP contribution in [-0.4, -0.2) is 0 Å². The molecule has 0 fully saturated rings. The molecular weight excluding hydrogens is 635 g/mol. The minimum absolute atomic E-state index is 0.0610. The fraction of sp³-hybridized carbons (Fsp3) is 0.0612. The van der Waals surface area contributed by atoms with Gasteiger partial charge in [0.05, 0.1) is 0 Å². The van der Waals surface area contributed by atoms with E-state index < -0.39 is 0 Å². The second-order valence-electron chi connectivity index (χ2n) is 14.5. The van der Waals surface area contributed by atoms with Gasteiger partial charge in [0, 0.05) is 55.7 Å². The lowest BCUT2D eigenvalue weighted by Gasteiger charge is -2.27. The average Bonchev–Trinajstić information content (AvgIpc) is 3.81. The largest absolute Gasteiger partial charge is 0.456 e. The van der Waals surface area contributed by atoms with Gasteiger partial charge in [-0.2, -0.15) is 0 Å². The fourth-order valence-corrected chi connectivity index (χ4v) is 8.65. The van der Waals surface area contributed by atoms with E-state index in [1.165, 1.54) is 33.0 Å². The van der Waals surface area contributed by atoms with Crippen molar-refractivity contribution >= 4 is 71.7 Å². The van der Waals surface area contributed by atoms with Crippen LogP contribution in [0.1, 0.15) is 25.0 Å². The zero-order valence-electron chi connectivity index (χ0n) is 28.9. The molecule has 0 atom stereocenters. The molecule has 0 aliphatic heterocycles. The molecule has 3 nitrogen and oxygen atoms in total. The third-order valence-corrected chi connectivity index (χ3v) is 11.2. The molecule has 0 saturated carbocycles. The zero-order chi connectivity index (χ0) is 34.6. The van der Waals surface area contributed by atoms with Gasteiger partial charge in [0.1, 0.15) is 22.3 Å². The number of furan rings is 2. The Bertz CT molecular complexity index is 3050. The van der Waals surface area contributed by atoms with E-state index >= 15 is 0 Å². The first-order valence-corrected chi connectivity index (χ1v) is 17.9. The SMILES string of the molecule is CC1(C)c2ccccc2-c2cc(N(c3ccc(-c4cccc5c4oc4cc6ccccc6cc45)cc3)c3ccc4c(c3)oc3ccccc34)ccc21. The molecule has 0 N–H and O–H groups in total. The summed E-state index contributed by atoms with van der Waals surface area (Å²) in [7, 11) is 0. The molecular formula is C49H33NO2. The van der Waals surface area contributed by atoms with Crippen LogP contribution < -0.4 is 4.90 Å². The van der Waals surface area contributed by atoms with Gasteiger partial charge in [-0.05, 0) is 93.2 Å². The number of hydrogen-bond acceptors (Lipinski definition) is 3. The van der Waals surface area contributed by atoms with Gasteiger partial charge in [-0.25, -0.2) is 0 Å². The molecule has 52 heavy (non-hydrogen) atoms. The molecule has 0 bridgehead atoms. The van der Waals surface area contributed by atoms with E-state index in [4.69, 9.17) is 8.83 Å². The Morgan fingerprint density at radius 2 is 1.04 bits per heavy atom. The zero-order valence-corrected chi connectivity index (χ0v) is 28.9. The van der Waals surface area contributed by atoms with Gasteiger partial charge in [-0.1, -0.05) is 117 Å². The molecule has 1 aliphatic rings. The highest BCUT2D eigenvalue weighted by atomic mass is 16.3. The summed E-state index contributed by atoms with van der Waals surface area (Å²) in [5, 5.41) is 6.91. The molecule has 8 aromatic carbocycles. The molecule has 246 valence electrons. The minimum atomic E-state index is -0.0610. The molecule has 0 saturated heterocycles. The predicted octanol–water partition coefficient (Wildman–Crippen LogP) is 14.1. The third-order valence-electron chi connectivity index (χ3n) is 11.2. The Morgan fingerprint density at radius 3 is 1.92 bits per heavy atom. The Labute approximate surface area is 301 Å². The van der Waals surface area contributed by atoms with E-state index in [1.807, 2.05) is 12.1 Å². The second kappa shape index (κ2) is 10.7.